The van der Waals surface area contributed by atoms with E-state index in [1.54, 1.807) is 12.1 Å². The van der Waals surface area contributed by atoms with Crippen LogP contribution in [0.3, 0.4) is 0 Å². The minimum Gasteiger partial charge on any atom is -0.508 e. The molecule has 7 nitrogen and oxygen atoms in total. The molecule has 1 saturated carbocycles. The number of carbonyl (C=O) groups excluding carboxylic acids is 2. The van der Waals surface area contributed by atoms with Gasteiger partial charge in [-0.3, -0.25) is 14.5 Å². The number of hydrogen-bond donors (Lipinski definition) is 2. The molecule has 4 atom stereocenters. The van der Waals surface area contributed by atoms with Crippen LogP contribution in [-0.4, -0.2) is 71.1 Å². The molecule has 3 aliphatic rings. The van der Waals surface area contributed by atoms with Crippen LogP contribution in [0.5, 0.6) is 5.75 Å². The predicted molar refractivity (Wildman–Crippen MR) is 117 cm³/mol. The number of likely N-dealkylation sites (tertiary alicyclic amines) is 1. The number of benzene rings is 1. The second-order valence-corrected chi connectivity index (χ2v) is 9.19. The summed E-state index contributed by atoms with van der Waals surface area (Å²) in [7, 11) is 0. The van der Waals surface area contributed by atoms with E-state index in [-0.39, 0.29) is 41.5 Å². The molecule has 0 radical (unpaired) electrons. The van der Waals surface area contributed by atoms with Gasteiger partial charge in [0.2, 0.25) is 11.8 Å². The predicted octanol–water partition coefficient (Wildman–Crippen LogP) is 2.13. The molecule has 0 unspecified atom stereocenters. The summed E-state index contributed by atoms with van der Waals surface area (Å²) < 4.78 is 6.16. The number of phenolic OH excluding ortho intramolecular Hbond substituents is 1. The molecule has 0 spiro atoms. The van der Waals surface area contributed by atoms with Crippen LogP contribution >= 0.6 is 0 Å². The van der Waals surface area contributed by atoms with Gasteiger partial charge in [-0.15, -0.1) is 0 Å². The lowest BCUT2D eigenvalue weighted by Gasteiger charge is -2.26. The van der Waals surface area contributed by atoms with Crippen LogP contribution in [0.2, 0.25) is 0 Å². The van der Waals surface area contributed by atoms with Gasteiger partial charge >= 0.3 is 0 Å². The first-order chi connectivity index (χ1) is 15.0. The van der Waals surface area contributed by atoms with Gasteiger partial charge in [0.15, 0.2) is 0 Å². The minimum atomic E-state index is -0.147. The van der Waals surface area contributed by atoms with E-state index in [2.05, 4.69) is 10.2 Å². The number of amides is 2. The highest BCUT2D eigenvalue weighted by Crippen LogP contribution is 2.42. The maximum atomic E-state index is 12.8. The Morgan fingerprint density at radius 1 is 1.23 bits per heavy atom. The van der Waals surface area contributed by atoms with Gasteiger partial charge in [0.05, 0.1) is 19.1 Å². The van der Waals surface area contributed by atoms with Crippen LogP contribution in [0.1, 0.15) is 45.1 Å². The molecular weight excluding hydrogens is 394 g/mol. The van der Waals surface area contributed by atoms with Crippen LogP contribution in [0.4, 0.5) is 0 Å². The molecule has 1 aromatic carbocycles. The highest BCUT2D eigenvalue weighted by atomic mass is 16.5. The van der Waals surface area contributed by atoms with Crippen molar-refractivity contribution in [2.24, 2.45) is 11.8 Å². The Morgan fingerprint density at radius 2 is 2.00 bits per heavy atom. The molecule has 4 rings (SSSR count). The monoisotopic (exact) mass is 429 g/mol. The van der Waals surface area contributed by atoms with Gasteiger partial charge in [-0.25, -0.2) is 0 Å². The fourth-order valence-electron chi connectivity index (χ4n) is 5.31. The van der Waals surface area contributed by atoms with Crippen LogP contribution in [0.15, 0.2) is 24.3 Å². The number of rotatable bonds is 9. The number of phenols is 1. The van der Waals surface area contributed by atoms with Crippen molar-refractivity contribution in [2.75, 3.05) is 26.2 Å². The zero-order valence-corrected chi connectivity index (χ0v) is 18.6. The fourth-order valence-corrected chi connectivity index (χ4v) is 5.31. The molecule has 3 fully saturated rings. The lowest BCUT2D eigenvalue weighted by Crippen LogP contribution is -2.37. The molecule has 2 saturated heterocycles. The molecular formula is C24H35N3O4. The van der Waals surface area contributed by atoms with E-state index in [9.17, 15) is 14.7 Å². The van der Waals surface area contributed by atoms with Gasteiger partial charge in [-0.2, -0.15) is 0 Å². The number of nitrogens with one attached hydrogen (secondary N) is 1. The highest BCUT2D eigenvalue weighted by molar-refractivity contribution is 5.77. The Labute approximate surface area is 184 Å². The Morgan fingerprint density at radius 3 is 2.68 bits per heavy atom. The van der Waals surface area contributed by atoms with E-state index in [0.717, 1.165) is 24.9 Å². The lowest BCUT2D eigenvalue weighted by atomic mass is 9.84. The third-order valence-electron chi connectivity index (χ3n) is 7.02. The molecule has 170 valence electrons. The molecule has 1 aliphatic carbocycles. The highest BCUT2D eigenvalue weighted by Gasteiger charge is 2.51. The molecule has 0 aromatic heterocycles. The van der Waals surface area contributed by atoms with Crippen LogP contribution < -0.4 is 5.32 Å². The van der Waals surface area contributed by atoms with E-state index in [0.29, 0.717) is 45.1 Å². The number of aromatic hydroxyl groups is 1. The number of hydrogen-bond acceptors (Lipinski definition) is 5. The van der Waals surface area contributed by atoms with E-state index < -0.39 is 0 Å². The van der Waals surface area contributed by atoms with Crippen molar-refractivity contribution in [3.05, 3.63) is 29.8 Å². The second-order valence-electron chi connectivity index (χ2n) is 9.19. The number of fused-ring (bicyclic) bond motifs is 1. The SMILES string of the molecule is CCN(CC)C(=O)C[C@@H]1OC[C@@H]2[C@H]1[C@H](CC(=O)NC1CC1)CN2Cc1cccc(O)c1. The quantitative estimate of drug-likeness (QED) is 0.629. The molecule has 31 heavy (non-hydrogen) atoms. The van der Waals surface area contributed by atoms with Crippen molar-refractivity contribution in [1.29, 1.82) is 0 Å². The number of carbonyl (C=O) groups is 2. The van der Waals surface area contributed by atoms with Gasteiger partial charge in [-0.05, 0) is 50.3 Å². The number of nitrogens with zero attached hydrogens (tertiary/aromatic N) is 2. The molecule has 1 aromatic rings. The van der Waals surface area contributed by atoms with Crippen molar-refractivity contribution in [3.63, 3.8) is 0 Å². The standard InChI is InChI=1S/C24H35N3O4/c1-3-26(4-2)23(30)12-21-24-17(11-22(29)25-18-8-9-18)14-27(20(24)15-31-21)13-16-6-5-7-19(28)10-16/h5-7,10,17-18,20-21,24,28H,3-4,8-9,11-15H2,1-2H3,(H,25,29)/t17-,20-,21+,24-/m1/s1. The third-order valence-corrected chi connectivity index (χ3v) is 7.02. The smallest absolute Gasteiger partial charge is 0.225 e. The average molecular weight is 430 g/mol. The summed E-state index contributed by atoms with van der Waals surface area (Å²) >= 11 is 0. The normalized spacial score (nSPS) is 27.8. The first-order valence-electron chi connectivity index (χ1n) is 11.7. The van der Waals surface area contributed by atoms with Crippen molar-refractivity contribution >= 4 is 11.8 Å². The molecule has 2 amide bonds. The number of ether oxygens (including phenoxy) is 1. The van der Waals surface area contributed by atoms with E-state index in [1.165, 1.54) is 0 Å². The summed E-state index contributed by atoms with van der Waals surface area (Å²) in [5.41, 5.74) is 1.05. The summed E-state index contributed by atoms with van der Waals surface area (Å²) in [6.07, 6.45) is 2.87. The van der Waals surface area contributed by atoms with Crippen LogP contribution in [0.25, 0.3) is 0 Å². The van der Waals surface area contributed by atoms with E-state index >= 15 is 0 Å². The second kappa shape index (κ2) is 9.57. The summed E-state index contributed by atoms with van der Waals surface area (Å²) in [5.74, 6) is 0.841. The Hall–Kier alpha value is -2.12. The van der Waals surface area contributed by atoms with E-state index in [4.69, 9.17) is 4.74 Å². The zero-order chi connectivity index (χ0) is 22.0. The summed E-state index contributed by atoms with van der Waals surface area (Å²) in [4.78, 5) is 29.6. The molecule has 2 heterocycles. The van der Waals surface area contributed by atoms with Gasteiger partial charge in [0.1, 0.15) is 5.75 Å². The van der Waals surface area contributed by atoms with Crippen LogP contribution in [0, 0.1) is 11.8 Å². The van der Waals surface area contributed by atoms with Gasteiger partial charge in [-0.1, -0.05) is 12.1 Å². The Bertz CT molecular complexity index is 793. The van der Waals surface area contributed by atoms with Crippen molar-refractivity contribution in [1.82, 2.24) is 15.1 Å². The zero-order valence-electron chi connectivity index (χ0n) is 18.6. The first kappa shape index (κ1) is 22.1. The minimum absolute atomic E-state index is 0.117. The van der Waals surface area contributed by atoms with Crippen LogP contribution in [-0.2, 0) is 20.9 Å². The van der Waals surface area contributed by atoms with Gasteiger partial charge < -0.3 is 20.1 Å². The van der Waals surface area contributed by atoms with Gasteiger partial charge in [0, 0.05) is 50.6 Å². The summed E-state index contributed by atoms with van der Waals surface area (Å²) in [6, 6.07) is 7.88. The molecule has 2 aliphatic heterocycles. The summed E-state index contributed by atoms with van der Waals surface area (Å²) in [6.45, 7) is 7.49. The Balaban J connectivity index is 1.48. The maximum Gasteiger partial charge on any atom is 0.225 e. The van der Waals surface area contributed by atoms with E-state index in [1.807, 2.05) is 30.9 Å². The molecule has 0 bridgehead atoms. The largest absolute Gasteiger partial charge is 0.508 e. The van der Waals surface area contributed by atoms with Gasteiger partial charge in [0.25, 0.3) is 0 Å². The topological polar surface area (TPSA) is 82.1 Å². The average Bonchev–Trinajstić information content (AvgIpc) is 3.34. The molecule has 2 N–H and O–H groups in total. The fraction of sp³-hybridized carbons (Fsp3) is 0.667. The first-order valence-corrected chi connectivity index (χ1v) is 11.7. The van der Waals surface area contributed by atoms with Crippen molar-refractivity contribution < 1.29 is 19.4 Å². The third kappa shape index (κ3) is 5.21. The van der Waals surface area contributed by atoms with Crippen molar-refractivity contribution in [3.8, 4) is 5.75 Å². The van der Waals surface area contributed by atoms with Crippen molar-refractivity contribution in [2.45, 2.75) is 64.3 Å². The summed E-state index contributed by atoms with van der Waals surface area (Å²) in [5, 5.41) is 13.0. The lowest BCUT2D eigenvalue weighted by molar-refractivity contribution is -0.133. The molecule has 7 heteroatoms. The Kier molecular flexibility index (Phi) is 6.82. The maximum absolute atomic E-state index is 12.8.